The molecule has 0 amide bonds. The second-order valence-electron chi connectivity index (χ2n) is 7.30. The molecule has 2 aromatic heterocycles. The Balaban J connectivity index is 1.48. The Labute approximate surface area is 180 Å². The zero-order chi connectivity index (χ0) is 21.6. The highest BCUT2D eigenvalue weighted by Gasteiger charge is 2.16. The van der Waals surface area contributed by atoms with Gasteiger partial charge in [0.1, 0.15) is 11.4 Å². The molecule has 0 spiro atoms. The van der Waals surface area contributed by atoms with Crippen LogP contribution in [0, 0.1) is 6.92 Å². The second kappa shape index (κ2) is 9.59. The Bertz CT molecular complexity index is 1120. The molecule has 0 saturated carbocycles. The maximum atomic E-state index is 5.90. The summed E-state index contributed by atoms with van der Waals surface area (Å²) in [6.45, 7) is 4.19. The number of nitrogens with zero attached hydrogens (tertiary/aromatic N) is 5. The van der Waals surface area contributed by atoms with Crippen LogP contribution in [0.2, 0.25) is 0 Å². The van der Waals surface area contributed by atoms with E-state index in [-0.39, 0.29) is 12.1 Å². The molecule has 3 heterocycles. The number of hydrogen-bond donors (Lipinski definition) is 2. The minimum Gasteiger partial charge on any atom is -0.379 e. The Hall–Kier alpha value is -3.43. The van der Waals surface area contributed by atoms with E-state index in [2.05, 4.69) is 25.0 Å². The van der Waals surface area contributed by atoms with E-state index in [1.54, 1.807) is 6.21 Å². The molecule has 1 fully saturated rings. The highest BCUT2D eigenvalue weighted by Crippen LogP contribution is 2.20. The number of rotatable bonds is 7. The SMILES string of the molecule is Cc1cccc2c(C(C=NCc3cccc(CO[C@@H]4CCOC4)n3)=NN)nc(N)nc12. The summed E-state index contributed by atoms with van der Waals surface area (Å²) in [7, 11) is 0. The molecule has 1 aromatic carbocycles. The molecule has 0 unspecified atom stereocenters. The van der Waals surface area contributed by atoms with E-state index in [0.717, 1.165) is 40.9 Å². The predicted molar refractivity (Wildman–Crippen MR) is 120 cm³/mol. The molecule has 1 saturated heterocycles. The molecule has 0 radical (unpaired) electrons. The molecule has 4 N–H and O–H groups in total. The first-order valence-corrected chi connectivity index (χ1v) is 10.1. The Kier molecular flexibility index (Phi) is 6.44. The van der Waals surface area contributed by atoms with Crippen LogP contribution in [0.15, 0.2) is 46.5 Å². The van der Waals surface area contributed by atoms with Gasteiger partial charge in [0.2, 0.25) is 5.95 Å². The van der Waals surface area contributed by atoms with Crippen LogP contribution in [0.4, 0.5) is 5.95 Å². The van der Waals surface area contributed by atoms with Gasteiger partial charge in [0.15, 0.2) is 0 Å². The van der Waals surface area contributed by atoms with Gasteiger partial charge < -0.3 is 21.1 Å². The second-order valence-corrected chi connectivity index (χ2v) is 7.30. The summed E-state index contributed by atoms with van der Waals surface area (Å²) in [6.07, 6.45) is 2.66. The monoisotopic (exact) mass is 419 g/mol. The van der Waals surface area contributed by atoms with Crippen LogP contribution < -0.4 is 11.6 Å². The lowest BCUT2D eigenvalue weighted by atomic mass is 10.1. The molecule has 31 heavy (non-hydrogen) atoms. The molecule has 1 aliphatic rings. The van der Waals surface area contributed by atoms with Gasteiger partial charge in [-0.25, -0.2) is 9.97 Å². The van der Waals surface area contributed by atoms with Crippen molar-refractivity contribution in [2.24, 2.45) is 15.9 Å². The first-order valence-electron chi connectivity index (χ1n) is 10.1. The molecule has 1 atom stereocenters. The van der Waals surface area contributed by atoms with Crippen molar-refractivity contribution < 1.29 is 9.47 Å². The van der Waals surface area contributed by atoms with E-state index in [0.29, 0.717) is 31.2 Å². The molecule has 160 valence electrons. The van der Waals surface area contributed by atoms with Crippen LogP contribution in [0.25, 0.3) is 10.9 Å². The molecular weight excluding hydrogens is 394 g/mol. The van der Waals surface area contributed by atoms with Crippen molar-refractivity contribution in [3.8, 4) is 0 Å². The average molecular weight is 419 g/mol. The molecular formula is C22H25N7O2. The maximum Gasteiger partial charge on any atom is 0.221 e. The molecule has 0 bridgehead atoms. The third-order valence-electron chi connectivity index (χ3n) is 5.01. The van der Waals surface area contributed by atoms with Gasteiger partial charge in [-0.15, -0.1) is 0 Å². The fourth-order valence-electron chi connectivity index (χ4n) is 3.43. The Morgan fingerprint density at radius 3 is 2.84 bits per heavy atom. The smallest absolute Gasteiger partial charge is 0.221 e. The van der Waals surface area contributed by atoms with Crippen LogP contribution in [0.3, 0.4) is 0 Å². The van der Waals surface area contributed by atoms with Gasteiger partial charge >= 0.3 is 0 Å². The quantitative estimate of drug-likeness (QED) is 0.340. The summed E-state index contributed by atoms with van der Waals surface area (Å²) in [5.41, 5.74) is 10.3. The third-order valence-corrected chi connectivity index (χ3v) is 5.01. The van der Waals surface area contributed by atoms with Gasteiger partial charge in [-0.05, 0) is 31.0 Å². The van der Waals surface area contributed by atoms with Crippen molar-refractivity contribution >= 4 is 28.8 Å². The van der Waals surface area contributed by atoms with Crippen molar-refractivity contribution in [1.82, 2.24) is 15.0 Å². The summed E-state index contributed by atoms with van der Waals surface area (Å²) >= 11 is 0. The number of para-hydroxylation sites is 1. The Morgan fingerprint density at radius 2 is 2.03 bits per heavy atom. The minimum atomic E-state index is 0.144. The van der Waals surface area contributed by atoms with Gasteiger partial charge in [0, 0.05) is 12.0 Å². The van der Waals surface area contributed by atoms with E-state index in [1.165, 1.54) is 0 Å². The lowest BCUT2D eigenvalue weighted by molar-refractivity contribution is 0.0301. The van der Waals surface area contributed by atoms with Crippen molar-refractivity contribution in [2.75, 3.05) is 18.9 Å². The van der Waals surface area contributed by atoms with Gasteiger partial charge in [0.05, 0.1) is 49.0 Å². The molecule has 3 aromatic rings. The number of ether oxygens (including phenoxy) is 2. The maximum absolute atomic E-state index is 5.90. The lowest BCUT2D eigenvalue weighted by Gasteiger charge is -2.09. The fourth-order valence-corrected chi connectivity index (χ4v) is 3.43. The number of aromatic nitrogens is 3. The third kappa shape index (κ3) is 5.01. The number of nitrogen functional groups attached to an aromatic ring is 1. The van der Waals surface area contributed by atoms with Crippen LogP contribution in [0.5, 0.6) is 0 Å². The summed E-state index contributed by atoms with van der Waals surface area (Å²) in [5, 5.41) is 4.69. The number of hydrogen-bond acceptors (Lipinski definition) is 9. The summed E-state index contributed by atoms with van der Waals surface area (Å²) < 4.78 is 11.2. The van der Waals surface area contributed by atoms with E-state index < -0.39 is 0 Å². The summed E-state index contributed by atoms with van der Waals surface area (Å²) in [4.78, 5) is 17.7. The molecule has 0 aliphatic carbocycles. The fraction of sp³-hybridized carbons (Fsp3) is 0.318. The average Bonchev–Trinajstić information content (AvgIpc) is 3.30. The number of aliphatic imine (C=N–C) groups is 1. The van der Waals surface area contributed by atoms with Crippen molar-refractivity contribution in [3.63, 3.8) is 0 Å². The van der Waals surface area contributed by atoms with Gasteiger partial charge in [-0.1, -0.05) is 24.3 Å². The van der Waals surface area contributed by atoms with Crippen LogP contribution in [0.1, 0.15) is 29.1 Å². The van der Waals surface area contributed by atoms with E-state index in [4.69, 9.17) is 21.1 Å². The van der Waals surface area contributed by atoms with Gasteiger partial charge in [-0.2, -0.15) is 5.10 Å². The molecule has 9 heteroatoms. The first-order chi connectivity index (χ1) is 15.1. The van der Waals surface area contributed by atoms with Crippen LogP contribution in [-0.2, 0) is 22.6 Å². The van der Waals surface area contributed by atoms with Crippen molar-refractivity contribution in [1.29, 1.82) is 0 Å². The van der Waals surface area contributed by atoms with Crippen molar-refractivity contribution in [3.05, 3.63) is 59.0 Å². The van der Waals surface area contributed by atoms with Gasteiger partial charge in [0.25, 0.3) is 0 Å². The van der Waals surface area contributed by atoms with Crippen LogP contribution in [-0.4, -0.2) is 46.2 Å². The van der Waals surface area contributed by atoms with E-state index >= 15 is 0 Å². The number of anilines is 1. The highest BCUT2D eigenvalue weighted by molar-refractivity contribution is 6.40. The van der Waals surface area contributed by atoms with Crippen LogP contribution >= 0.6 is 0 Å². The molecule has 1 aliphatic heterocycles. The number of pyridine rings is 1. The number of benzene rings is 1. The standard InChI is InChI=1S/C22H25N7O2/c1-14-4-2-7-18-20(14)27-22(23)28-21(18)19(29-24)11-25-10-15-5-3-6-16(26-15)12-31-17-8-9-30-13-17/h2-7,11,17H,8-10,12-13,24H2,1H3,(H2,23,27,28)/t17-/m1/s1. The number of aryl methyl sites for hydroxylation is 1. The Morgan fingerprint density at radius 1 is 1.19 bits per heavy atom. The highest BCUT2D eigenvalue weighted by atomic mass is 16.5. The van der Waals surface area contributed by atoms with E-state index in [9.17, 15) is 0 Å². The number of nitrogens with two attached hydrogens (primary N) is 2. The van der Waals surface area contributed by atoms with Gasteiger partial charge in [-0.3, -0.25) is 9.98 Å². The predicted octanol–water partition coefficient (Wildman–Crippen LogP) is 2.15. The first kappa shape index (κ1) is 20.8. The lowest BCUT2D eigenvalue weighted by Crippen LogP contribution is -2.13. The summed E-state index contributed by atoms with van der Waals surface area (Å²) in [6, 6.07) is 11.6. The summed E-state index contributed by atoms with van der Waals surface area (Å²) in [5.74, 6) is 5.80. The number of hydrazone groups is 1. The minimum absolute atomic E-state index is 0.144. The zero-order valence-electron chi connectivity index (χ0n) is 17.4. The number of fused-ring (bicyclic) bond motifs is 1. The molecule has 4 rings (SSSR count). The zero-order valence-corrected chi connectivity index (χ0v) is 17.4. The van der Waals surface area contributed by atoms with E-state index in [1.807, 2.05) is 43.3 Å². The largest absolute Gasteiger partial charge is 0.379 e. The molecule has 9 nitrogen and oxygen atoms in total. The van der Waals surface area contributed by atoms with Crippen molar-refractivity contribution in [2.45, 2.75) is 32.6 Å². The normalized spacial score (nSPS) is 17.1. The topological polar surface area (TPSA) is 134 Å².